The Morgan fingerprint density at radius 3 is 2.83 bits per heavy atom. The average Bonchev–Trinajstić information content (AvgIpc) is 2.10. The van der Waals surface area contributed by atoms with Gasteiger partial charge in [-0.3, -0.25) is 4.79 Å². The van der Waals surface area contributed by atoms with Crippen LogP contribution in [0, 0.1) is 5.92 Å². The van der Waals surface area contributed by atoms with Gasteiger partial charge in [-0.1, -0.05) is 6.92 Å². The number of aliphatic hydroxyl groups is 1. The van der Waals surface area contributed by atoms with Crippen molar-refractivity contribution in [3.8, 4) is 0 Å². The molecule has 0 aliphatic heterocycles. The minimum Gasteiger partial charge on any atom is -0.395 e. The van der Waals surface area contributed by atoms with Crippen molar-refractivity contribution in [2.75, 3.05) is 19.7 Å². The van der Waals surface area contributed by atoms with Gasteiger partial charge in [-0.2, -0.15) is 0 Å². The van der Waals surface area contributed by atoms with Crippen LogP contribution in [0.5, 0.6) is 0 Å². The number of aliphatic hydroxyl groups excluding tert-OH is 1. The molecule has 72 valence electrons. The number of amides is 1. The van der Waals surface area contributed by atoms with E-state index in [0.717, 1.165) is 12.8 Å². The summed E-state index contributed by atoms with van der Waals surface area (Å²) in [4.78, 5) is 11.1. The summed E-state index contributed by atoms with van der Waals surface area (Å²) in [5.74, 6) is -0.00222. The second-order valence-corrected chi connectivity index (χ2v) is 2.85. The van der Waals surface area contributed by atoms with Crippen molar-refractivity contribution in [1.29, 1.82) is 0 Å². The van der Waals surface area contributed by atoms with Gasteiger partial charge in [0.1, 0.15) is 0 Å². The van der Waals surface area contributed by atoms with Crippen LogP contribution in [-0.2, 0) is 4.79 Å². The molecule has 0 fully saturated rings. The van der Waals surface area contributed by atoms with Crippen LogP contribution in [0.15, 0.2) is 0 Å². The second kappa shape index (κ2) is 7.06. The first-order valence-electron chi connectivity index (χ1n) is 4.31. The smallest absolute Gasteiger partial charge is 0.222 e. The molecule has 0 aromatic carbocycles. The molecule has 1 amide bonds. The van der Waals surface area contributed by atoms with E-state index in [1.165, 1.54) is 0 Å². The number of hydrogen-bond acceptors (Lipinski definition) is 3. The van der Waals surface area contributed by atoms with Crippen molar-refractivity contribution in [1.82, 2.24) is 5.32 Å². The first-order valence-corrected chi connectivity index (χ1v) is 4.31. The summed E-state index contributed by atoms with van der Waals surface area (Å²) in [5, 5.41) is 11.0. The molecule has 0 aliphatic rings. The van der Waals surface area contributed by atoms with Crippen molar-refractivity contribution in [3.05, 3.63) is 0 Å². The van der Waals surface area contributed by atoms with E-state index in [1.807, 2.05) is 6.92 Å². The quantitative estimate of drug-likeness (QED) is 0.506. The maximum atomic E-state index is 11.1. The molecule has 4 heteroatoms. The van der Waals surface area contributed by atoms with Crippen molar-refractivity contribution in [3.63, 3.8) is 0 Å². The van der Waals surface area contributed by atoms with Crippen LogP contribution in [0.2, 0.25) is 0 Å². The van der Waals surface area contributed by atoms with Gasteiger partial charge in [0, 0.05) is 12.5 Å². The van der Waals surface area contributed by atoms with Crippen molar-refractivity contribution in [2.24, 2.45) is 11.7 Å². The van der Waals surface area contributed by atoms with Crippen molar-refractivity contribution >= 4 is 5.91 Å². The summed E-state index contributed by atoms with van der Waals surface area (Å²) in [6, 6.07) is 0. The molecule has 0 radical (unpaired) electrons. The summed E-state index contributed by atoms with van der Waals surface area (Å²) in [6.45, 7) is 2.82. The predicted octanol–water partition coefficient (Wildman–Crippen LogP) is -0.530. The third-order valence-corrected chi connectivity index (χ3v) is 1.70. The van der Waals surface area contributed by atoms with Gasteiger partial charge in [-0.15, -0.1) is 0 Å². The second-order valence-electron chi connectivity index (χ2n) is 2.85. The highest BCUT2D eigenvalue weighted by molar-refractivity contribution is 5.78. The molecule has 0 aromatic rings. The lowest BCUT2D eigenvalue weighted by atomic mass is 10.1. The van der Waals surface area contributed by atoms with E-state index in [-0.39, 0.29) is 18.4 Å². The predicted molar refractivity (Wildman–Crippen MR) is 47.5 cm³/mol. The minimum atomic E-state index is -0.00461. The van der Waals surface area contributed by atoms with Gasteiger partial charge in [0.25, 0.3) is 0 Å². The zero-order valence-corrected chi connectivity index (χ0v) is 7.55. The molecule has 0 saturated carbocycles. The van der Waals surface area contributed by atoms with Crippen LogP contribution in [0.3, 0.4) is 0 Å². The Bertz CT molecular complexity index is 128. The Morgan fingerprint density at radius 1 is 1.67 bits per heavy atom. The lowest BCUT2D eigenvalue weighted by Gasteiger charge is -2.10. The third kappa shape index (κ3) is 5.09. The number of nitrogens with one attached hydrogen (secondary N) is 1. The summed E-state index contributed by atoms with van der Waals surface area (Å²) in [6.07, 6.45) is 1.68. The fourth-order valence-corrected chi connectivity index (χ4v) is 0.908. The minimum absolute atomic E-state index is 0.0000926. The standard InChI is InChI=1S/C8H18N2O2/c1-7(3-2-4-9)8(12)10-5-6-11/h7,11H,2-6,9H2,1H3,(H,10,12). The van der Waals surface area contributed by atoms with Crippen LogP contribution < -0.4 is 11.1 Å². The molecule has 0 heterocycles. The first kappa shape index (κ1) is 11.4. The SMILES string of the molecule is CC(CCCN)C(=O)NCCO. The zero-order chi connectivity index (χ0) is 9.40. The van der Waals surface area contributed by atoms with Crippen LogP contribution in [-0.4, -0.2) is 30.7 Å². The summed E-state index contributed by atoms with van der Waals surface area (Å²) in [5.41, 5.74) is 5.31. The largest absolute Gasteiger partial charge is 0.395 e. The number of carbonyl (C=O) groups is 1. The molecule has 0 bridgehead atoms. The summed E-state index contributed by atoms with van der Waals surface area (Å²) in [7, 11) is 0. The molecular weight excluding hydrogens is 156 g/mol. The van der Waals surface area contributed by atoms with Gasteiger partial charge in [-0.25, -0.2) is 0 Å². The maximum absolute atomic E-state index is 11.1. The highest BCUT2D eigenvalue weighted by atomic mass is 16.3. The molecule has 4 N–H and O–H groups in total. The Balaban J connectivity index is 3.47. The lowest BCUT2D eigenvalue weighted by molar-refractivity contribution is -0.124. The molecule has 0 saturated heterocycles. The lowest BCUT2D eigenvalue weighted by Crippen LogP contribution is -2.31. The van der Waals surface area contributed by atoms with Gasteiger partial charge in [0.05, 0.1) is 6.61 Å². The monoisotopic (exact) mass is 174 g/mol. The van der Waals surface area contributed by atoms with E-state index >= 15 is 0 Å². The number of rotatable bonds is 6. The normalized spacial score (nSPS) is 12.6. The Labute approximate surface area is 73.1 Å². The van der Waals surface area contributed by atoms with Crippen molar-refractivity contribution < 1.29 is 9.90 Å². The van der Waals surface area contributed by atoms with Gasteiger partial charge in [-0.05, 0) is 19.4 Å². The third-order valence-electron chi connectivity index (χ3n) is 1.70. The Morgan fingerprint density at radius 2 is 2.33 bits per heavy atom. The van der Waals surface area contributed by atoms with E-state index in [0.29, 0.717) is 13.1 Å². The fourth-order valence-electron chi connectivity index (χ4n) is 0.908. The number of nitrogens with two attached hydrogens (primary N) is 1. The summed E-state index contributed by atoms with van der Waals surface area (Å²) >= 11 is 0. The van der Waals surface area contributed by atoms with Crippen LogP contribution in [0.25, 0.3) is 0 Å². The Kier molecular flexibility index (Phi) is 6.70. The number of carbonyl (C=O) groups excluding carboxylic acids is 1. The first-order chi connectivity index (χ1) is 5.72. The van der Waals surface area contributed by atoms with Gasteiger partial charge in [0.15, 0.2) is 0 Å². The molecule has 0 aliphatic carbocycles. The van der Waals surface area contributed by atoms with Gasteiger partial charge < -0.3 is 16.2 Å². The average molecular weight is 174 g/mol. The molecule has 1 atom stereocenters. The van der Waals surface area contributed by atoms with E-state index in [9.17, 15) is 4.79 Å². The molecule has 1 unspecified atom stereocenters. The summed E-state index contributed by atoms with van der Waals surface area (Å²) < 4.78 is 0. The molecule has 4 nitrogen and oxygen atoms in total. The van der Waals surface area contributed by atoms with Gasteiger partial charge >= 0.3 is 0 Å². The van der Waals surface area contributed by atoms with Crippen LogP contribution >= 0.6 is 0 Å². The van der Waals surface area contributed by atoms with Crippen molar-refractivity contribution in [2.45, 2.75) is 19.8 Å². The molecule has 0 spiro atoms. The molecule has 12 heavy (non-hydrogen) atoms. The van der Waals surface area contributed by atoms with E-state index < -0.39 is 0 Å². The highest BCUT2D eigenvalue weighted by Gasteiger charge is 2.10. The molecular formula is C8H18N2O2. The molecule has 0 rings (SSSR count). The molecule has 0 aromatic heterocycles. The van der Waals surface area contributed by atoms with E-state index in [4.69, 9.17) is 10.8 Å². The van der Waals surface area contributed by atoms with Crippen LogP contribution in [0.4, 0.5) is 0 Å². The van der Waals surface area contributed by atoms with E-state index in [2.05, 4.69) is 5.32 Å². The Hall–Kier alpha value is -0.610. The zero-order valence-electron chi connectivity index (χ0n) is 7.55. The van der Waals surface area contributed by atoms with Crippen LogP contribution in [0.1, 0.15) is 19.8 Å². The van der Waals surface area contributed by atoms with Gasteiger partial charge in [0.2, 0.25) is 5.91 Å². The fraction of sp³-hybridized carbons (Fsp3) is 0.875. The maximum Gasteiger partial charge on any atom is 0.222 e. The topological polar surface area (TPSA) is 75.4 Å². The van der Waals surface area contributed by atoms with E-state index in [1.54, 1.807) is 0 Å². The number of hydrogen-bond donors (Lipinski definition) is 3. The highest BCUT2D eigenvalue weighted by Crippen LogP contribution is 2.03.